The predicted molar refractivity (Wildman–Crippen MR) is 65.0 cm³/mol. The molecule has 0 bridgehead atoms. The topological polar surface area (TPSA) is 34.9 Å². The number of ketones is 1. The Morgan fingerprint density at radius 2 is 2.25 bits per heavy atom. The third kappa shape index (κ3) is 2.39. The number of rotatable bonds is 4. The molecule has 2 aromatic heterocycles. The lowest BCUT2D eigenvalue weighted by Crippen LogP contribution is -2.09. The molecule has 0 saturated heterocycles. The Bertz CT molecular complexity index is 499. The van der Waals surface area contributed by atoms with Crippen LogP contribution in [0.15, 0.2) is 24.4 Å². The first-order valence-corrected chi connectivity index (χ1v) is 6.12. The van der Waals surface area contributed by atoms with Crippen LogP contribution in [0.5, 0.6) is 0 Å². The monoisotopic (exact) mass is 234 g/mol. The molecule has 0 N–H and O–H groups in total. The molecule has 0 aliphatic rings. The first-order valence-electron chi connectivity index (χ1n) is 5.31. The molecule has 0 fully saturated rings. The molecule has 2 rings (SSSR count). The van der Waals surface area contributed by atoms with Crippen LogP contribution in [0.2, 0.25) is 0 Å². The van der Waals surface area contributed by atoms with Gasteiger partial charge in [0.05, 0.1) is 10.6 Å². The number of aromatic nitrogens is 2. The van der Waals surface area contributed by atoms with Gasteiger partial charge in [0.1, 0.15) is 6.54 Å². The van der Waals surface area contributed by atoms with Crippen LogP contribution in [0, 0.1) is 6.92 Å². The highest BCUT2D eigenvalue weighted by molar-refractivity contribution is 7.14. The Morgan fingerprint density at radius 3 is 2.81 bits per heavy atom. The average molecular weight is 234 g/mol. The third-order valence-electron chi connectivity index (χ3n) is 2.36. The van der Waals surface area contributed by atoms with E-state index in [-0.39, 0.29) is 5.78 Å². The van der Waals surface area contributed by atoms with Gasteiger partial charge in [0.15, 0.2) is 5.78 Å². The zero-order valence-corrected chi connectivity index (χ0v) is 10.3. The molecule has 0 aromatic carbocycles. The first kappa shape index (κ1) is 11.1. The molecule has 16 heavy (non-hydrogen) atoms. The summed E-state index contributed by atoms with van der Waals surface area (Å²) < 4.78 is 1.68. The molecule has 0 spiro atoms. The van der Waals surface area contributed by atoms with Gasteiger partial charge in [-0.05, 0) is 31.5 Å². The summed E-state index contributed by atoms with van der Waals surface area (Å²) in [7, 11) is 0. The molecule has 2 heterocycles. The van der Waals surface area contributed by atoms with Gasteiger partial charge in [-0.2, -0.15) is 5.10 Å². The fourth-order valence-corrected chi connectivity index (χ4v) is 2.37. The summed E-state index contributed by atoms with van der Waals surface area (Å²) >= 11 is 1.58. The SMILES string of the molecule is CCc1ccc(C(=O)Cn2ccc(C)n2)s1. The number of hydrogen-bond donors (Lipinski definition) is 0. The van der Waals surface area contributed by atoms with Crippen LogP contribution in [-0.2, 0) is 13.0 Å². The minimum Gasteiger partial charge on any atom is -0.291 e. The van der Waals surface area contributed by atoms with Crippen LogP contribution in [0.4, 0.5) is 0 Å². The quantitative estimate of drug-likeness (QED) is 0.762. The van der Waals surface area contributed by atoms with Crippen molar-refractivity contribution in [2.24, 2.45) is 0 Å². The van der Waals surface area contributed by atoms with E-state index in [1.165, 1.54) is 4.88 Å². The number of nitrogens with zero attached hydrogens (tertiary/aromatic N) is 2. The van der Waals surface area contributed by atoms with E-state index < -0.39 is 0 Å². The van der Waals surface area contributed by atoms with Crippen molar-refractivity contribution >= 4 is 17.1 Å². The van der Waals surface area contributed by atoms with Crippen molar-refractivity contribution in [1.29, 1.82) is 0 Å². The minimum absolute atomic E-state index is 0.132. The van der Waals surface area contributed by atoms with E-state index >= 15 is 0 Å². The maximum atomic E-state index is 11.9. The van der Waals surface area contributed by atoms with Gasteiger partial charge in [0.25, 0.3) is 0 Å². The number of aryl methyl sites for hydroxylation is 2. The molecular weight excluding hydrogens is 220 g/mol. The zero-order chi connectivity index (χ0) is 11.5. The number of thiophene rings is 1. The second-order valence-corrected chi connectivity index (χ2v) is 4.87. The van der Waals surface area contributed by atoms with Crippen molar-refractivity contribution in [1.82, 2.24) is 9.78 Å². The number of Topliss-reactive ketones (excluding diaryl/α,β-unsaturated/α-hetero) is 1. The molecule has 0 aliphatic carbocycles. The highest BCUT2D eigenvalue weighted by Gasteiger charge is 2.09. The maximum absolute atomic E-state index is 11.9. The number of carbonyl (C=O) groups excluding carboxylic acids is 1. The average Bonchev–Trinajstić information content (AvgIpc) is 2.87. The summed E-state index contributed by atoms with van der Waals surface area (Å²) in [5, 5.41) is 4.20. The van der Waals surface area contributed by atoms with Gasteiger partial charge in [0.2, 0.25) is 0 Å². The lowest BCUT2D eigenvalue weighted by atomic mass is 10.3. The zero-order valence-electron chi connectivity index (χ0n) is 9.43. The molecule has 0 radical (unpaired) electrons. The van der Waals surface area contributed by atoms with E-state index in [1.54, 1.807) is 16.0 Å². The second kappa shape index (κ2) is 4.61. The van der Waals surface area contributed by atoms with E-state index in [9.17, 15) is 4.79 Å². The van der Waals surface area contributed by atoms with Gasteiger partial charge in [-0.3, -0.25) is 9.48 Å². The summed E-state index contributed by atoms with van der Waals surface area (Å²) in [5.74, 6) is 0.132. The van der Waals surface area contributed by atoms with Gasteiger partial charge >= 0.3 is 0 Å². The first-order chi connectivity index (χ1) is 7.69. The van der Waals surface area contributed by atoms with Gasteiger partial charge in [-0.15, -0.1) is 11.3 Å². The fraction of sp³-hybridized carbons (Fsp3) is 0.333. The fourth-order valence-electron chi connectivity index (χ4n) is 1.49. The third-order valence-corrected chi connectivity index (χ3v) is 3.64. The number of hydrogen-bond acceptors (Lipinski definition) is 3. The molecule has 0 unspecified atom stereocenters. The second-order valence-electron chi connectivity index (χ2n) is 3.70. The molecule has 84 valence electrons. The van der Waals surface area contributed by atoms with Crippen molar-refractivity contribution in [3.63, 3.8) is 0 Å². The summed E-state index contributed by atoms with van der Waals surface area (Å²) in [4.78, 5) is 14.0. The summed E-state index contributed by atoms with van der Waals surface area (Å²) in [6.45, 7) is 4.34. The van der Waals surface area contributed by atoms with Crippen LogP contribution < -0.4 is 0 Å². The van der Waals surface area contributed by atoms with Gasteiger partial charge in [-0.25, -0.2) is 0 Å². The predicted octanol–water partition coefficient (Wildman–Crippen LogP) is 2.70. The summed E-state index contributed by atoms with van der Waals surface area (Å²) in [6.07, 6.45) is 2.82. The van der Waals surface area contributed by atoms with Crippen LogP contribution in [0.3, 0.4) is 0 Å². The standard InChI is InChI=1S/C12H14N2OS/c1-3-10-4-5-12(16-10)11(15)8-14-7-6-9(2)13-14/h4-7H,3,8H2,1-2H3. The normalized spacial score (nSPS) is 10.6. The Balaban J connectivity index is 2.08. The molecule has 0 atom stereocenters. The molecule has 4 heteroatoms. The Hall–Kier alpha value is -1.42. The lowest BCUT2D eigenvalue weighted by Gasteiger charge is -1.98. The molecular formula is C12H14N2OS. The minimum atomic E-state index is 0.132. The van der Waals surface area contributed by atoms with Crippen molar-refractivity contribution in [3.05, 3.63) is 39.8 Å². The van der Waals surface area contributed by atoms with Gasteiger partial charge in [-0.1, -0.05) is 6.92 Å². The van der Waals surface area contributed by atoms with Crippen LogP contribution in [0.1, 0.15) is 27.2 Å². The molecule has 3 nitrogen and oxygen atoms in total. The van der Waals surface area contributed by atoms with Crippen LogP contribution >= 0.6 is 11.3 Å². The van der Waals surface area contributed by atoms with Crippen molar-refractivity contribution < 1.29 is 4.79 Å². The van der Waals surface area contributed by atoms with E-state index in [2.05, 4.69) is 12.0 Å². The summed E-state index contributed by atoms with van der Waals surface area (Å²) in [5.41, 5.74) is 0.938. The Kier molecular flexibility index (Phi) is 3.19. The number of carbonyl (C=O) groups is 1. The maximum Gasteiger partial charge on any atom is 0.194 e. The highest BCUT2D eigenvalue weighted by atomic mass is 32.1. The van der Waals surface area contributed by atoms with Crippen molar-refractivity contribution in [2.75, 3.05) is 0 Å². The molecule has 0 aliphatic heterocycles. The van der Waals surface area contributed by atoms with Crippen molar-refractivity contribution in [3.8, 4) is 0 Å². The van der Waals surface area contributed by atoms with E-state index in [0.29, 0.717) is 6.54 Å². The summed E-state index contributed by atoms with van der Waals surface area (Å²) in [6, 6.07) is 5.83. The van der Waals surface area contributed by atoms with Crippen LogP contribution in [-0.4, -0.2) is 15.6 Å². The smallest absolute Gasteiger partial charge is 0.194 e. The lowest BCUT2D eigenvalue weighted by molar-refractivity contribution is 0.0971. The van der Waals surface area contributed by atoms with E-state index in [0.717, 1.165) is 17.0 Å². The molecule has 2 aromatic rings. The Morgan fingerprint density at radius 1 is 1.44 bits per heavy atom. The van der Waals surface area contributed by atoms with Gasteiger partial charge in [0, 0.05) is 11.1 Å². The van der Waals surface area contributed by atoms with Gasteiger partial charge < -0.3 is 0 Å². The molecule has 0 amide bonds. The Labute approximate surface area is 98.7 Å². The van der Waals surface area contributed by atoms with E-state index in [4.69, 9.17) is 0 Å². The van der Waals surface area contributed by atoms with Crippen LogP contribution in [0.25, 0.3) is 0 Å². The van der Waals surface area contributed by atoms with Crippen molar-refractivity contribution in [2.45, 2.75) is 26.8 Å². The highest BCUT2D eigenvalue weighted by Crippen LogP contribution is 2.17. The largest absolute Gasteiger partial charge is 0.291 e. The van der Waals surface area contributed by atoms with E-state index in [1.807, 2.05) is 31.3 Å². The molecule has 0 saturated carbocycles.